The van der Waals surface area contributed by atoms with Crippen LogP contribution < -0.4 is 4.90 Å². The number of rotatable bonds is 7. The van der Waals surface area contributed by atoms with Crippen LogP contribution in [0.5, 0.6) is 0 Å². The maximum atomic E-state index is 2.53. The highest BCUT2D eigenvalue weighted by Gasteiger charge is 2.52. The molecule has 1 nitrogen and oxygen atoms in total. The number of para-hydroxylation sites is 1. The third-order valence-corrected chi connectivity index (χ3v) is 15.4. The highest BCUT2D eigenvalue weighted by Crippen LogP contribution is 2.64. The van der Waals surface area contributed by atoms with Crippen molar-refractivity contribution in [2.24, 2.45) is 0 Å². The topological polar surface area (TPSA) is 3.24 Å². The Kier molecular flexibility index (Phi) is 8.78. The molecule has 11 aromatic carbocycles. The van der Waals surface area contributed by atoms with Crippen molar-refractivity contribution in [1.82, 2.24) is 0 Å². The summed E-state index contributed by atoms with van der Waals surface area (Å²) in [7, 11) is 0. The third-order valence-electron chi connectivity index (χ3n) is 15.4. The van der Waals surface area contributed by atoms with Gasteiger partial charge in [0, 0.05) is 16.9 Å². The Labute approximate surface area is 403 Å². The van der Waals surface area contributed by atoms with Gasteiger partial charge in [0.05, 0.1) is 16.5 Å². The van der Waals surface area contributed by atoms with Crippen LogP contribution in [0.15, 0.2) is 273 Å². The molecule has 69 heavy (non-hydrogen) atoms. The van der Waals surface area contributed by atoms with Crippen molar-refractivity contribution in [2.45, 2.75) is 10.8 Å². The number of anilines is 3. The molecular weight excluding hydrogens is 831 g/mol. The molecule has 0 saturated carbocycles. The summed E-state index contributed by atoms with van der Waals surface area (Å²) in [6.07, 6.45) is 0. The second-order valence-electron chi connectivity index (χ2n) is 18.7. The molecular formula is C68H45N. The molecule has 0 aliphatic heterocycles. The first-order valence-electron chi connectivity index (χ1n) is 24.1. The average molecular weight is 876 g/mol. The van der Waals surface area contributed by atoms with Crippen molar-refractivity contribution in [2.75, 3.05) is 4.90 Å². The van der Waals surface area contributed by atoms with Crippen molar-refractivity contribution in [3.8, 4) is 55.6 Å². The zero-order valence-corrected chi connectivity index (χ0v) is 37.9. The minimum Gasteiger partial charge on any atom is -0.310 e. The van der Waals surface area contributed by atoms with Gasteiger partial charge in [0.2, 0.25) is 0 Å². The van der Waals surface area contributed by atoms with E-state index >= 15 is 0 Å². The molecule has 0 amide bonds. The Morgan fingerprint density at radius 2 is 0.623 bits per heavy atom. The minimum absolute atomic E-state index is 0.480. The monoisotopic (exact) mass is 875 g/mol. The molecule has 0 atom stereocenters. The summed E-state index contributed by atoms with van der Waals surface area (Å²) in [6, 6.07) is 102. The molecule has 1 heteroatoms. The van der Waals surface area contributed by atoms with E-state index in [9.17, 15) is 0 Å². The zero-order valence-electron chi connectivity index (χ0n) is 37.9. The van der Waals surface area contributed by atoms with Crippen molar-refractivity contribution in [3.63, 3.8) is 0 Å². The van der Waals surface area contributed by atoms with E-state index in [1.54, 1.807) is 0 Å². The Morgan fingerprint density at radius 1 is 0.217 bits per heavy atom. The van der Waals surface area contributed by atoms with Gasteiger partial charge in [-0.15, -0.1) is 0 Å². The van der Waals surface area contributed by atoms with Crippen molar-refractivity contribution >= 4 is 17.1 Å². The molecule has 14 rings (SSSR count). The number of fused-ring (bicyclic) bond motifs is 13. The average Bonchev–Trinajstić information content (AvgIpc) is 4.02. The van der Waals surface area contributed by atoms with Crippen LogP contribution in [0.2, 0.25) is 0 Å². The number of nitrogens with zero attached hydrogens (tertiary/aromatic N) is 1. The first kappa shape index (κ1) is 39.4. The van der Waals surface area contributed by atoms with Gasteiger partial charge < -0.3 is 4.90 Å². The van der Waals surface area contributed by atoms with Gasteiger partial charge in [-0.2, -0.15) is 0 Å². The lowest BCUT2D eigenvalue weighted by Crippen LogP contribution is -2.28. The van der Waals surface area contributed by atoms with Crippen molar-refractivity contribution < 1.29 is 0 Å². The number of hydrogen-bond acceptors (Lipinski definition) is 1. The SMILES string of the molecule is c1ccc(-c2cccc(-c3ccccc3N(c3ccc4c(c3)-c3ccccc3C4(c3ccccc3)c3ccccc3)c3ccc4c(c3)C3(c5ccccc5-c5ccccc53)c3ccccc3-4)c2)cc1. The van der Waals surface area contributed by atoms with Gasteiger partial charge in [-0.25, -0.2) is 0 Å². The maximum absolute atomic E-state index is 2.53. The van der Waals surface area contributed by atoms with Crippen LogP contribution in [-0.2, 0) is 10.8 Å². The predicted molar refractivity (Wildman–Crippen MR) is 286 cm³/mol. The number of hydrogen-bond donors (Lipinski definition) is 0. The Bertz CT molecular complexity index is 3690. The molecule has 0 saturated heterocycles. The quantitative estimate of drug-likeness (QED) is 0.154. The van der Waals surface area contributed by atoms with Crippen LogP contribution in [0.4, 0.5) is 17.1 Å². The lowest BCUT2D eigenvalue weighted by atomic mass is 9.68. The van der Waals surface area contributed by atoms with Gasteiger partial charge in [0.25, 0.3) is 0 Å². The summed E-state index contributed by atoms with van der Waals surface area (Å²) in [6.45, 7) is 0. The van der Waals surface area contributed by atoms with Crippen LogP contribution in [0.3, 0.4) is 0 Å². The zero-order chi connectivity index (χ0) is 45.5. The van der Waals surface area contributed by atoms with Crippen LogP contribution in [0.1, 0.15) is 44.5 Å². The molecule has 0 bridgehead atoms. The molecule has 0 aromatic heterocycles. The highest BCUT2D eigenvalue weighted by atomic mass is 15.1. The summed E-state index contributed by atoms with van der Waals surface area (Å²) in [5, 5.41) is 0. The largest absolute Gasteiger partial charge is 0.310 e. The first-order valence-corrected chi connectivity index (χ1v) is 24.1. The van der Waals surface area contributed by atoms with E-state index in [1.165, 1.54) is 94.6 Å². The fraction of sp³-hybridized carbons (Fsp3) is 0.0294. The highest BCUT2D eigenvalue weighted by molar-refractivity contribution is 5.98. The van der Waals surface area contributed by atoms with Gasteiger partial charge in [-0.3, -0.25) is 0 Å². The summed E-state index contributed by atoms with van der Waals surface area (Å²) < 4.78 is 0. The molecule has 3 aliphatic carbocycles. The molecule has 0 radical (unpaired) electrons. The third kappa shape index (κ3) is 5.59. The molecule has 0 N–H and O–H groups in total. The van der Waals surface area contributed by atoms with Crippen molar-refractivity contribution in [1.29, 1.82) is 0 Å². The molecule has 11 aromatic rings. The molecule has 0 unspecified atom stereocenters. The van der Waals surface area contributed by atoms with Crippen LogP contribution >= 0.6 is 0 Å². The molecule has 322 valence electrons. The minimum atomic E-state index is -0.497. The summed E-state index contributed by atoms with van der Waals surface area (Å²) in [4.78, 5) is 2.53. The molecule has 3 aliphatic rings. The second-order valence-corrected chi connectivity index (χ2v) is 18.7. The van der Waals surface area contributed by atoms with Crippen molar-refractivity contribution in [3.05, 3.63) is 317 Å². The normalized spacial score (nSPS) is 13.7. The van der Waals surface area contributed by atoms with E-state index in [0.717, 1.165) is 22.6 Å². The summed E-state index contributed by atoms with van der Waals surface area (Å²) >= 11 is 0. The van der Waals surface area contributed by atoms with Crippen LogP contribution in [0, 0.1) is 0 Å². The van der Waals surface area contributed by atoms with Crippen LogP contribution in [0.25, 0.3) is 55.6 Å². The van der Waals surface area contributed by atoms with Gasteiger partial charge in [-0.05, 0) is 131 Å². The van der Waals surface area contributed by atoms with Gasteiger partial charge in [-0.1, -0.05) is 237 Å². The lowest BCUT2D eigenvalue weighted by molar-refractivity contribution is 0.768. The number of benzene rings is 11. The first-order chi connectivity index (χ1) is 34.2. The van der Waals surface area contributed by atoms with E-state index in [-0.39, 0.29) is 0 Å². The van der Waals surface area contributed by atoms with E-state index < -0.39 is 10.8 Å². The summed E-state index contributed by atoms with van der Waals surface area (Å²) in [5.74, 6) is 0. The Balaban J connectivity index is 1.04. The predicted octanol–water partition coefficient (Wildman–Crippen LogP) is 17.2. The fourth-order valence-electron chi connectivity index (χ4n) is 12.6. The lowest BCUT2D eigenvalue weighted by Gasteiger charge is -2.34. The van der Waals surface area contributed by atoms with Gasteiger partial charge in [0.1, 0.15) is 0 Å². The van der Waals surface area contributed by atoms with E-state index in [2.05, 4.69) is 278 Å². The van der Waals surface area contributed by atoms with Gasteiger partial charge in [0.15, 0.2) is 0 Å². The van der Waals surface area contributed by atoms with E-state index in [1.807, 2.05) is 0 Å². The standard InChI is InChI=1S/C68H45N/c1-4-21-46(22-5-1)47-23-20-24-48(43-47)53-29-14-19-38-66(53)69(51-40-42-64-59(44-51)57-33-13-15-34-60(57)67(64,49-25-6-2-7-26-49)50-27-8-3-9-28-50)52-39-41-58-56-32-12-18-37-63(56)68(65(58)45-52)61-35-16-10-30-54(61)55-31-11-17-36-62(55)68/h1-45H. The smallest absolute Gasteiger partial charge is 0.0726 e. The van der Waals surface area contributed by atoms with E-state index in [0.29, 0.717) is 0 Å². The fourth-order valence-corrected chi connectivity index (χ4v) is 12.6. The maximum Gasteiger partial charge on any atom is 0.0726 e. The molecule has 0 heterocycles. The second kappa shape index (κ2) is 15.4. The molecule has 0 fully saturated rings. The Hall–Kier alpha value is -8.78. The Morgan fingerprint density at radius 3 is 1.22 bits per heavy atom. The van der Waals surface area contributed by atoms with Crippen LogP contribution in [-0.4, -0.2) is 0 Å². The van der Waals surface area contributed by atoms with Gasteiger partial charge >= 0.3 is 0 Å². The summed E-state index contributed by atoms with van der Waals surface area (Å²) in [5.41, 5.74) is 25.2. The van der Waals surface area contributed by atoms with E-state index in [4.69, 9.17) is 0 Å². The molecule has 1 spiro atoms.